The number of carbonyl (C=O) groups excluding carboxylic acids is 2. The van der Waals surface area contributed by atoms with Crippen LogP contribution in [0.1, 0.15) is 41.0 Å². The smallest absolute Gasteiger partial charge is 0.258 e. The quantitative estimate of drug-likeness (QED) is 0.811. The Kier molecular flexibility index (Phi) is 5.15. The molecule has 5 nitrogen and oxygen atoms in total. The van der Waals surface area contributed by atoms with Gasteiger partial charge in [0.15, 0.2) is 6.61 Å². The Balaban J connectivity index is 1.50. The molecule has 0 spiro atoms. The highest BCUT2D eigenvalue weighted by Gasteiger charge is 2.23. The van der Waals surface area contributed by atoms with Crippen LogP contribution in [0.2, 0.25) is 0 Å². The summed E-state index contributed by atoms with van der Waals surface area (Å²) in [4.78, 5) is 25.1. The van der Waals surface area contributed by atoms with E-state index in [1.807, 2.05) is 24.4 Å². The van der Waals surface area contributed by atoms with Gasteiger partial charge in [0.05, 0.1) is 6.04 Å². The van der Waals surface area contributed by atoms with Gasteiger partial charge in [-0.15, -0.1) is 11.3 Å². The molecule has 2 aromatic rings. The Morgan fingerprint density at radius 1 is 1.29 bits per heavy atom. The number of hydrogen-bond acceptors (Lipinski definition) is 4. The Hall–Kier alpha value is -2.34. The molecule has 0 radical (unpaired) electrons. The van der Waals surface area contributed by atoms with Crippen molar-refractivity contribution in [3.8, 4) is 5.75 Å². The Bertz CT molecular complexity index is 711. The van der Waals surface area contributed by atoms with Crippen LogP contribution in [-0.2, 0) is 4.79 Å². The molecule has 1 unspecified atom stereocenters. The highest BCUT2D eigenvalue weighted by Crippen LogP contribution is 2.21. The fourth-order valence-corrected chi connectivity index (χ4v) is 3.00. The molecule has 1 atom stereocenters. The monoisotopic (exact) mass is 344 g/mol. The molecule has 1 aliphatic carbocycles. The third kappa shape index (κ3) is 4.58. The molecule has 1 aliphatic rings. The molecule has 3 rings (SSSR count). The van der Waals surface area contributed by atoms with Crippen molar-refractivity contribution in [3.05, 3.63) is 52.2 Å². The van der Waals surface area contributed by atoms with Crippen LogP contribution < -0.4 is 15.4 Å². The average molecular weight is 344 g/mol. The molecule has 1 fully saturated rings. The summed E-state index contributed by atoms with van der Waals surface area (Å²) in [6.07, 6.45) is 2.09. The fourth-order valence-electron chi connectivity index (χ4n) is 2.26. The van der Waals surface area contributed by atoms with E-state index in [4.69, 9.17) is 4.74 Å². The molecule has 1 saturated carbocycles. The maximum atomic E-state index is 12.0. The van der Waals surface area contributed by atoms with Crippen molar-refractivity contribution in [2.45, 2.75) is 31.8 Å². The van der Waals surface area contributed by atoms with Gasteiger partial charge in [-0.2, -0.15) is 0 Å². The first-order valence-corrected chi connectivity index (χ1v) is 8.86. The first kappa shape index (κ1) is 16.5. The number of rotatable bonds is 7. The standard InChI is InChI=1S/C18H20N2O3S/c1-12(16-6-3-9-24-16)19-17(21)11-23-15-5-2-4-13(10-15)18(22)20-14-7-8-14/h2-6,9-10,12,14H,7-8,11H2,1H3,(H,19,21)(H,20,22). The SMILES string of the molecule is CC(NC(=O)COc1cccc(C(=O)NC2CC2)c1)c1cccs1. The van der Waals surface area contributed by atoms with Crippen molar-refractivity contribution in [1.29, 1.82) is 0 Å². The van der Waals surface area contributed by atoms with Gasteiger partial charge in [0.1, 0.15) is 5.75 Å². The molecule has 1 aromatic carbocycles. The molecule has 0 bridgehead atoms. The van der Waals surface area contributed by atoms with Gasteiger partial charge in [-0.1, -0.05) is 12.1 Å². The molecule has 126 valence electrons. The van der Waals surface area contributed by atoms with E-state index in [0.29, 0.717) is 17.4 Å². The Morgan fingerprint density at radius 2 is 2.12 bits per heavy atom. The Labute approximate surface area is 145 Å². The second-order valence-electron chi connectivity index (χ2n) is 5.87. The van der Waals surface area contributed by atoms with Crippen molar-refractivity contribution >= 4 is 23.2 Å². The van der Waals surface area contributed by atoms with E-state index in [1.54, 1.807) is 35.6 Å². The number of hydrogen-bond donors (Lipinski definition) is 2. The molecule has 1 aromatic heterocycles. The molecule has 6 heteroatoms. The highest BCUT2D eigenvalue weighted by atomic mass is 32.1. The minimum Gasteiger partial charge on any atom is -0.484 e. The topological polar surface area (TPSA) is 67.4 Å². The predicted molar refractivity (Wildman–Crippen MR) is 93.3 cm³/mol. The van der Waals surface area contributed by atoms with Crippen molar-refractivity contribution in [2.75, 3.05) is 6.61 Å². The van der Waals surface area contributed by atoms with Gasteiger partial charge in [-0.05, 0) is 49.4 Å². The van der Waals surface area contributed by atoms with Crippen molar-refractivity contribution in [3.63, 3.8) is 0 Å². The van der Waals surface area contributed by atoms with Crippen molar-refractivity contribution in [2.24, 2.45) is 0 Å². The van der Waals surface area contributed by atoms with Gasteiger partial charge in [0, 0.05) is 16.5 Å². The first-order valence-electron chi connectivity index (χ1n) is 7.98. The first-order chi connectivity index (χ1) is 11.6. The average Bonchev–Trinajstić information content (AvgIpc) is 3.22. The van der Waals surface area contributed by atoms with Crippen LogP contribution in [0, 0.1) is 0 Å². The van der Waals surface area contributed by atoms with Crippen LogP contribution in [0.25, 0.3) is 0 Å². The lowest BCUT2D eigenvalue weighted by Crippen LogP contribution is -2.31. The van der Waals surface area contributed by atoms with E-state index in [0.717, 1.165) is 17.7 Å². The van der Waals surface area contributed by atoms with Gasteiger partial charge in [-0.3, -0.25) is 9.59 Å². The summed E-state index contributed by atoms with van der Waals surface area (Å²) in [6.45, 7) is 1.86. The van der Waals surface area contributed by atoms with Gasteiger partial charge in [0.25, 0.3) is 11.8 Å². The van der Waals surface area contributed by atoms with Crippen LogP contribution in [-0.4, -0.2) is 24.5 Å². The number of benzene rings is 1. The zero-order valence-electron chi connectivity index (χ0n) is 13.5. The van der Waals surface area contributed by atoms with Crippen LogP contribution in [0.4, 0.5) is 0 Å². The zero-order valence-corrected chi connectivity index (χ0v) is 14.3. The minimum absolute atomic E-state index is 0.0447. The summed E-state index contributed by atoms with van der Waals surface area (Å²) in [5, 5.41) is 7.80. The fraction of sp³-hybridized carbons (Fsp3) is 0.333. The number of carbonyl (C=O) groups is 2. The maximum Gasteiger partial charge on any atom is 0.258 e. The van der Waals surface area contributed by atoms with Crippen LogP contribution in [0.3, 0.4) is 0 Å². The number of ether oxygens (including phenoxy) is 1. The van der Waals surface area contributed by atoms with Gasteiger partial charge in [-0.25, -0.2) is 0 Å². The normalized spacial score (nSPS) is 14.7. The number of nitrogens with one attached hydrogen (secondary N) is 2. The van der Waals surface area contributed by atoms with E-state index >= 15 is 0 Å². The van der Waals surface area contributed by atoms with Crippen LogP contribution in [0.15, 0.2) is 41.8 Å². The highest BCUT2D eigenvalue weighted by molar-refractivity contribution is 7.10. The molecular weight excluding hydrogens is 324 g/mol. The third-order valence-electron chi connectivity index (χ3n) is 3.73. The lowest BCUT2D eigenvalue weighted by Gasteiger charge is -2.13. The maximum absolute atomic E-state index is 12.0. The van der Waals surface area contributed by atoms with Crippen molar-refractivity contribution in [1.82, 2.24) is 10.6 Å². The summed E-state index contributed by atoms with van der Waals surface area (Å²) in [5.74, 6) is 0.222. The lowest BCUT2D eigenvalue weighted by atomic mass is 10.2. The molecule has 0 saturated heterocycles. The molecular formula is C18H20N2O3S. The van der Waals surface area contributed by atoms with Gasteiger partial charge >= 0.3 is 0 Å². The zero-order chi connectivity index (χ0) is 16.9. The van der Waals surface area contributed by atoms with Gasteiger partial charge < -0.3 is 15.4 Å². The molecule has 2 N–H and O–H groups in total. The van der Waals surface area contributed by atoms with Crippen LogP contribution >= 0.6 is 11.3 Å². The summed E-state index contributed by atoms with van der Waals surface area (Å²) in [5.41, 5.74) is 0.548. The molecule has 1 heterocycles. The lowest BCUT2D eigenvalue weighted by molar-refractivity contribution is -0.123. The number of amides is 2. The summed E-state index contributed by atoms with van der Waals surface area (Å²) < 4.78 is 5.51. The molecule has 24 heavy (non-hydrogen) atoms. The Morgan fingerprint density at radius 3 is 2.83 bits per heavy atom. The second kappa shape index (κ2) is 7.49. The summed E-state index contributed by atoms with van der Waals surface area (Å²) in [7, 11) is 0. The van der Waals surface area contributed by atoms with E-state index < -0.39 is 0 Å². The van der Waals surface area contributed by atoms with E-state index in [-0.39, 0.29) is 24.5 Å². The van der Waals surface area contributed by atoms with E-state index in [1.165, 1.54) is 0 Å². The third-order valence-corrected chi connectivity index (χ3v) is 4.78. The second-order valence-corrected chi connectivity index (χ2v) is 6.85. The summed E-state index contributed by atoms with van der Waals surface area (Å²) in [6, 6.07) is 11.1. The summed E-state index contributed by atoms with van der Waals surface area (Å²) >= 11 is 1.60. The predicted octanol–water partition coefficient (Wildman–Crippen LogP) is 2.90. The molecule has 0 aliphatic heterocycles. The molecule has 2 amide bonds. The number of thiophene rings is 1. The largest absolute Gasteiger partial charge is 0.484 e. The van der Waals surface area contributed by atoms with E-state index in [2.05, 4.69) is 10.6 Å². The van der Waals surface area contributed by atoms with E-state index in [9.17, 15) is 9.59 Å². The van der Waals surface area contributed by atoms with Gasteiger partial charge in [0.2, 0.25) is 0 Å². The minimum atomic E-state index is -0.191. The van der Waals surface area contributed by atoms with Crippen LogP contribution in [0.5, 0.6) is 5.75 Å². The van der Waals surface area contributed by atoms with Crippen molar-refractivity contribution < 1.29 is 14.3 Å².